The highest BCUT2D eigenvalue weighted by Gasteiger charge is 2.08. The van der Waals surface area contributed by atoms with Crippen LogP contribution in [0.5, 0.6) is 0 Å². The van der Waals surface area contributed by atoms with E-state index in [-0.39, 0.29) is 0 Å². The summed E-state index contributed by atoms with van der Waals surface area (Å²) in [5.41, 5.74) is 0. The van der Waals surface area contributed by atoms with Gasteiger partial charge in [0.2, 0.25) is 0 Å². The average Bonchev–Trinajstić information content (AvgIpc) is 2.11. The van der Waals surface area contributed by atoms with Gasteiger partial charge in [-0.15, -0.1) is 0 Å². The van der Waals surface area contributed by atoms with Gasteiger partial charge in [-0.25, -0.2) is 0 Å². The lowest BCUT2D eigenvalue weighted by atomic mass is 10.2. The van der Waals surface area contributed by atoms with Gasteiger partial charge >= 0.3 is 0 Å². The second kappa shape index (κ2) is 7.56. The number of likely N-dealkylation sites (N-methyl/N-ethyl adjacent to an activating group) is 1. The van der Waals surface area contributed by atoms with Crippen LogP contribution in [0.3, 0.4) is 0 Å². The Morgan fingerprint density at radius 1 is 1.17 bits per heavy atom. The van der Waals surface area contributed by atoms with Crippen LogP contribution in [-0.4, -0.2) is 25.3 Å². The first-order chi connectivity index (χ1) is 5.74. The summed E-state index contributed by atoms with van der Waals surface area (Å²) in [6, 6.07) is 0. The summed E-state index contributed by atoms with van der Waals surface area (Å²) in [6.45, 7) is 10.6. The lowest BCUT2D eigenvalue weighted by molar-refractivity contribution is -0.00440. The molecule has 0 fully saturated rings. The van der Waals surface area contributed by atoms with Gasteiger partial charge in [-0.2, -0.15) is 0 Å². The Morgan fingerprint density at radius 3 is 2.25 bits per heavy atom. The van der Waals surface area contributed by atoms with Crippen molar-refractivity contribution in [3.8, 4) is 0 Å². The Kier molecular flexibility index (Phi) is 7.51. The average molecular weight is 173 g/mol. The predicted octanol–water partition coefficient (Wildman–Crippen LogP) is 2.19. The first-order valence-corrected chi connectivity index (χ1v) is 5.10. The minimum absolute atomic E-state index is 0.389. The summed E-state index contributed by atoms with van der Waals surface area (Å²) in [5, 5.41) is 3.30. The van der Waals surface area contributed by atoms with Crippen molar-refractivity contribution in [2.45, 2.75) is 52.7 Å². The maximum absolute atomic E-state index is 5.79. The van der Waals surface area contributed by atoms with E-state index < -0.39 is 0 Å². The molecule has 0 aromatic carbocycles. The first-order valence-electron chi connectivity index (χ1n) is 5.10. The zero-order valence-electron chi connectivity index (χ0n) is 8.89. The highest BCUT2D eigenvalue weighted by atomic mass is 16.5. The lowest BCUT2D eigenvalue weighted by Crippen LogP contribution is -2.31. The molecule has 0 aromatic rings. The van der Waals surface area contributed by atoms with Crippen LogP contribution in [0.2, 0.25) is 0 Å². The minimum Gasteiger partial charge on any atom is -0.374 e. The van der Waals surface area contributed by atoms with Crippen LogP contribution >= 0.6 is 0 Å². The third-order valence-corrected chi connectivity index (χ3v) is 2.08. The molecule has 0 rings (SSSR count). The van der Waals surface area contributed by atoms with Crippen LogP contribution in [0.4, 0.5) is 0 Å². The van der Waals surface area contributed by atoms with E-state index in [9.17, 15) is 0 Å². The number of nitrogens with one attached hydrogen (secondary N) is 1. The highest BCUT2D eigenvalue weighted by molar-refractivity contribution is 4.60. The van der Waals surface area contributed by atoms with Crippen molar-refractivity contribution >= 4 is 0 Å². The molecule has 12 heavy (non-hydrogen) atoms. The first kappa shape index (κ1) is 11.9. The lowest BCUT2D eigenvalue weighted by Gasteiger charge is -2.20. The van der Waals surface area contributed by atoms with Crippen LogP contribution in [0, 0.1) is 0 Å². The summed E-state index contributed by atoms with van der Waals surface area (Å²) < 4.78 is 5.79. The van der Waals surface area contributed by atoms with E-state index in [0.29, 0.717) is 12.2 Å². The fraction of sp³-hybridized carbons (Fsp3) is 1.00. The van der Waals surface area contributed by atoms with Crippen LogP contribution < -0.4 is 5.32 Å². The van der Waals surface area contributed by atoms with Crippen LogP contribution in [0.25, 0.3) is 0 Å². The number of ether oxygens (including phenoxy) is 1. The SMILES string of the molecule is CCNCC(CC)OC(C)CC. The van der Waals surface area contributed by atoms with Crippen LogP contribution in [0.15, 0.2) is 0 Å². The Labute approximate surface area is 76.7 Å². The molecule has 2 heteroatoms. The number of hydrogen-bond donors (Lipinski definition) is 1. The van der Waals surface area contributed by atoms with Gasteiger partial charge in [-0.3, -0.25) is 0 Å². The van der Waals surface area contributed by atoms with E-state index >= 15 is 0 Å². The summed E-state index contributed by atoms with van der Waals surface area (Å²) >= 11 is 0. The molecule has 0 aliphatic carbocycles. The van der Waals surface area contributed by atoms with Gasteiger partial charge in [-0.05, 0) is 26.3 Å². The highest BCUT2D eigenvalue weighted by Crippen LogP contribution is 2.04. The van der Waals surface area contributed by atoms with E-state index in [1.54, 1.807) is 0 Å². The third-order valence-electron chi connectivity index (χ3n) is 2.08. The molecule has 0 amide bonds. The van der Waals surface area contributed by atoms with Gasteiger partial charge in [0, 0.05) is 6.54 Å². The Morgan fingerprint density at radius 2 is 1.83 bits per heavy atom. The predicted molar refractivity (Wildman–Crippen MR) is 53.5 cm³/mol. The zero-order chi connectivity index (χ0) is 9.40. The van der Waals surface area contributed by atoms with Crippen molar-refractivity contribution in [2.24, 2.45) is 0 Å². The van der Waals surface area contributed by atoms with Crippen molar-refractivity contribution < 1.29 is 4.74 Å². The van der Waals surface area contributed by atoms with Crippen molar-refractivity contribution in [2.75, 3.05) is 13.1 Å². The molecule has 0 aromatic heterocycles. The van der Waals surface area contributed by atoms with Gasteiger partial charge in [0.1, 0.15) is 0 Å². The maximum atomic E-state index is 5.79. The van der Waals surface area contributed by atoms with Gasteiger partial charge < -0.3 is 10.1 Å². The standard InChI is InChI=1S/C10H23NO/c1-5-9(4)12-10(6-2)8-11-7-3/h9-11H,5-8H2,1-4H3. The molecule has 2 nitrogen and oxygen atoms in total. The maximum Gasteiger partial charge on any atom is 0.0700 e. The topological polar surface area (TPSA) is 21.3 Å². The summed E-state index contributed by atoms with van der Waals surface area (Å²) in [4.78, 5) is 0. The van der Waals surface area contributed by atoms with E-state index in [4.69, 9.17) is 4.74 Å². The molecule has 2 atom stereocenters. The van der Waals surface area contributed by atoms with Gasteiger partial charge in [0.25, 0.3) is 0 Å². The van der Waals surface area contributed by atoms with E-state index in [0.717, 1.165) is 25.9 Å². The number of hydrogen-bond acceptors (Lipinski definition) is 2. The smallest absolute Gasteiger partial charge is 0.0700 e. The minimum atomic E-state index is 0.389. The fourth-order valence-electron chi connectivity index (χ4n) is 1.02. The zero-order valence-corrected chi connectivity index (χ0v) is 8.89. The second-order valence-corrected chi connectivity index (χ2v) is 3.19. The molecule has 0 aliphatic rings. The molecule has 0 heterocycles. The van der Waals surface area contributed by atoms with Crippen molar-refractivity contribution in [3.05, 3.63) is 0 Å². The normalized spacial score (nSPS) is 16.0. The molecule has 0 saturated heterocycles. The molecule has 0 bridgehead atoms. The Hall–Kier alpha value is -0.0800. The second-order valence-electron chi connectivity index (χ2n) is 3.19. The molecule has 0 radical (unpaired) electrons. The molecule has 74 valence electrons. The molecule has 0 saturated carbocycles. The molecular weight excluding hydrogens is 150 g/mol. The molecular formula is C10H23NO. The van der Waals surface area contributed by atoms with E-state index in [1.807, 2.05) is 0 Å². The van der Waals surface area contributed by atoms with Gasteiger partial charge in [0.05, 0.1) is 12.2 Å². The molecule has 2 unspecified atom stereocenters. The summed E-state index contributed by atoms with van der Waals surface area (Å²) in [7, 11) is 0. The van der Waals surface area contributed by atoms with Gasteiger partial charge in [0.15, 0.2) is 0 Å². The fourth-order valence-corrected chi connectivity index (χ4v) is 1.02. The van der Waals surface area contributed by atoms with Gasteiger partial charge in [-0.1, -0.05) is 20.8 Å². The monoisotopic (exact) mass is 173 g/mol. The Bertz CT molecular complexity index is 95.8. The van der Waals surface area contributed by atoms with Crippen LogP contribution in [-0.2, 0) is 4.74 Å². The quantitative estimate of drug-likeness (QED) is 0.637. The van der Waals surface area contributed by atoms with Crippen LogP contribution in [0.1, 0.15) is 40.5 Å². The molecule has 0 aliphatic heterocycles. The van der Waals surface area contributed by atoms with E-state index in [1.165, 1.54) is 0 Å². The summed E-state index contributed by atoms with van der Waals surface area (Å²) in [5.74, 6) is 0. The van der Waals surface area contributed by atoms with Crippen molar-refractivity contribution in [1.29, 1.82) is 0 Å². The molecule has 1 N–H and O–H groups in total. The summed E-state index contributed by atoms with van der Waals surface area (Å²) in [6.07, 6.45) is 2.98. The van der Waals surface area contributed by atoms with Crippen molar-refractivity contribution in [1.82, 2.24) is 5.32 Å². The Balaban J connectivity index is 3.51. The molecule has 0 spiro atoms. The third kappa shape index (κ3) is 5.56. The van der Waals surface area contributed by atoms with E-state index in [2.05, 4.69) is 33.0 Å². The number of rotatable bonds is 7. The van der Waals surface area contributed by atoms with Crippen molar-refractivity contribution in [3.63, 3.8) is 0 Å². The largest absolute Gasteiger partial charge is 0.374 e.